The van der Waals surface area contributed by atoms with Crippen molar-refractivity contribution in [3.63, 3.8) is 0 Å². The van der Waals surface area contributed by atoms with Crippen LogP contribution >= 0.6 is 35.3 Å². The van der Waals surface area contributed by atoms with E-state index in [-0.39, 0.29) is 29.9 Å². The van der Waals surface area contributed by atoms with Gasteiger partial charge >= 0.3 is 5.97 Å². The summed E-state index contributed by atoms with van der Waals surface area (Å²) in [5.74, 6) is 1.08. The van der Waals surface area contributed by atoms with Gasteiger partial charge in [0.15, 0.2) is 5.96 Å². The number of aliphatic imine (C=N–C) groups is 1. The highest BCUT2D eigenvalue weighted by Crippen LogP contribution is 2.18. The first kappa shape index (κ1) is 23.1. The monoisotopic (exact) mass is 468 g/mol. The van der Waals surface area contributed by atoms with Crippen LogP contribution in [0.2, 0.25) is 0 Å². The SMILES string of the molecule is CCNC(=NCc1nc(C(C)C)cs1)NCCCCC(=O)OC.I. The van der Waals surface area contributed by atoms with Crippen LogP contribution in [0.1, 0.15) is 56.7 Å². The van der Waals surface area contributed by atoms with Crippen LogP contribution in [0, 0.1) is 0 Å². The Kier molecular flexibility index (Phi) is 12.9. The van der Waals surface area contributed by atoms with Gasteiger partial charge in [-0.15, -0.1) is 35.3 Å². The molecular formula is C16H29IN4O2S. The van der Waals surface area contributed by atoms with Crippen LogP contribution in [-0.4, -0.2) is 37.1 Å². The molecule has 0 amide bonds. The van der Waals surface area contributed by atoms with Gasteiger partial charge in [-0.3, -0.25) is 4.79 Å². The summed E-state index contributed by atoms with van der Waals surface area (Å²) in [5, 5.41) is 9.62. The summed E-state index contributed by atoms with van der Waals surface area (Å²) in [6.07, 6.45) is 2.17. The molecule has 1 heterocycles. The fraction of sp³-hybridized carbons (Fsp3) is 0.688. The molecule has 0 aromatic carbocycles. The Balaban J connectivity index is 0.00000529. The third-order valence-electron chi connectivity index (χ3n) is 3.21. The molecule has 1 rings (SSSR count). The number of hydrogen-bond acceptors (Lipinski definition) is 5. The molecule has 138 valence electrons. The lowest BCUT2D eigenvalue weighted by molar-refractivity contribution is -0.140. The van der Waals surface area contributed by atoms with Crippen LogP contribution in [0.3, 0.4) is 0 Å². The third kappa shape index (κ3) is 9.41. The van der Waals surface area contributed by atoms with E-state index in [4.69, 9.17) is 0 Å². The zero-order valence-electron chi connectivity index (χ0n) is 14.9. The molecule has 0 unspecified atom stereocenters. The van der Waals surface area contributed by atoms with Crippen LogP contribution in [0.25, 0.3) is 0 Å². The maximum absolute atomic E-state index is 11.0. The van der Waals surface area contributed by atoms with Crippen molar-refractivity contribution in [1.82, 2.24) is 15.6 Å². The van der Waals surface area contributed by atoms with E-state index in [0.29, 0.717) is 18.9 Å². The molecule has 0 fully saturated rings. The quantitative estimate of drug-likeness (QED) is 0.191. The first-order chi connectivity index (χ1) is 11.1. The lowest BCUT2D eigenvalue weighted by Gasteiger charge is -2.10. The molecule has 1 aromatic rings. The van der Waals surface area contributed by atoms with Crippen molar-refractivity contribution in [2.45, 2.75) is 52.5 Å². The molecule has 0 bridgehead atoms. The van der Waals surface area contributed by atoms with Crippen molar-refractivity contribution in [1.29, 1.82) is 0 Å². The first-order valence-corrected chi connectivity index (χ1v) is 8.98. The predicted octanol–water partition coefficient (Wildman–Crippen LogP) is 3.28. The number of carbonyl (C=O) groups excluding carboxylic acids is 1. The average molecular weight is 468 g/mol. The van der Waals surface area contributed by atoms with Gasteiger partial charge in [0.1, 0.15) is 5.01 Å². The highest BCUT2D eigenvalue weighted by Gasteiger charge is 2.06. The molecular weight excluding hydrogens is 439 g/mol. The van der Waals surface area contributed by atoms with E-state index >= 15 is 0 Å². The lowest BCUT2D eigenvalue weighted by Crippen LogP contribution is -2.37. The third-order valence-corrected chi connectivity index (χ3v) is 4.06. The van der Waals surface area contributed by atoms with E-state index < -0.39 is 0 Å². The minimum Gasteiger partial charge on any atom is -0.469 e. The van der Waals surface area contributed by atoms with E-state index in [1.165, 1.54) is 7.11 Å². The fourth-order valence-corrected chi connectivity index (χ4v) is 2.73. The highest BCUT2D eigenvalue weighted by molar-refractivity contribution is 14.0. The Hall–Kier alpha value is -0.900. The molecule has 0 spiro atoms. The van der Waals surface area contributed by atoms with Crippen molar-refractivity contribution in [3.05, 3.63) is 16.1 Å². The van der Waals surface area contributed by atoms with Gasteiger partial charge < -0.3 is 15.4 Å². The summed E-state index contributed by atoms with van der Waals surface area (Å²) in [6.45, 7) is 8.48. The second-order valence-corrected chi connectivity index (χ2v) is 6.42. The van der Waals surface area contributed by atoms with Crippen molar-refractivity contribution < 1.29 is 9.53 Å². The number of aromatic nitrogens is 1. The van der Waals surface area contributed by atoms with Crippen molar-refractivity contribution >= 4 is 47.2 Å². The maximum Gasteiger partial charge on any atom is 0.305 e. The summed E-state index contributed by atoms with van der Waals surface area (Å²) in [5.41, 5.74) is 1.13. The standard InChI is InChI=1S/C16H28N4O2S.HI/c1-5-17-16(18-9-7-6-8-15(21)22-4)19-10-14-20-13(11-23-14)12(2)3;/h11-12H,5-10H2,1-4H3,(H2,17,18,19);1H. The summed E-state index contributed by atoms with van der Waals surface area (Å²) in [4.78, 5) is 20.2. The van der Waals surface area contributed by atoms with E-state index in [0.717, 1.165) is 42.6 Å². The molecule has 8 heteroatoms. The van der Waals surface area contributed by atoms with Gasteiger partial charge in [-0.2, -0.15) is 0 Å². The van der Waals surface area contributed by atoms with Crippen LogP contribution in [0.15, 0.2) is 10.4 Å². The number of nitrogens with zero attached hydrogens (tertiary/aromatic N) is 2. The Morgan fingerprint density at radius 3 is 2.71 bits per heavy atom. The van der Waals surface area contributed by atoms with E-state index in [2.05, 4.69) is 44.6 Å². The Bertz CT molecular complexity index is 506. The number of guanidine groups is 1. The van der Waals surface area contributed by atoms with E-state index in [9.17, 15) is 4.79 Å². The van der Waals surface area contributed by atoms with Gasteiger partial charge in [0.05, 0.1) is 19.3 Å². The number of hydrogen-bond donors (Lipinski definition) is 2. The molecule has 0 saturated heterocycles. The number of halogens is 1. The molecule has 0 radical (unpaired) electrons. The summed E-state index contributed by atoms with van der Waals surface area (Å²) >= 11 is 1.65. The Morgan fingerprint density at radius 2 is 2.12 bits per heavy atom. The molecule has 0 aliphatic rings. The molecule has 0 saturated carbocycles. The molecule has 0 aliphatic heterocycles. The van der Waals surface area contributed by atoms with Gasteiger partial charge in [-0.05, 0) is 25.7 Å². The summed E-state index contributed by atoms with van der Waals surface area (Å²) < 4.78 is 4.62. The van der Waals surface area contributed by atoms with Crippen molar-refractivity contribution in [3.8, 4) is 0 Å². The Labute approximate surface area is 165 Å². The van der Waals surface area contributed by atoms with Gasteiger partial charge in [0.25, 0.3) is 0 Å². The van der Waals surface area contributed by atoms with Gasteiger partial charge in [0, 0.05) is 24.9 Å². The minimum atomic E-state index is -0.157. The highest BCUT2D eigenvalue weighted by atomic mass is 127. The van der Waals surface area contributed by atoms with Crippen molar-refractivity contribution in [2.24, 2.45) is 4.99 Å². The van der Waals surface area contributed by atoms with Gasteiger partial charge in [-0.1, -0.05) is 13.8 Å². The van der Waals surface area contributed by atoms with E-state index in [1.807, 2.05) is 6.92 Å². The zero-order chi connectivity index (χ0) is 17.1. The van der Waals surface area contributed by atoms with Crippen molar-refractivity contribution in [2.75, 3.05) is 20.2 Å². The molecule has 24 heavy (non-hydrogen) atoms. The number of unbranched alkanes of at least 4 members (excludes halogenated alkanes) is 1. The van der Waals surface area contributed by atoms with Crippen LogP contribution in [-0.2, 0) is 16.1 Å². The molecule has 2 N–H and O–H groups in total. The van der Waals surface area contributed by atoms with Gasteiger partial charge in [-0.25, -0.2) is 9.98 Å². The average Bonchev–Trinajstić information content (AvgIpc) is 3.01. The fourth-order valence-electron chi connectivity index (χ4n) is 1.85. The number of nitrogens with one attached hydrogen (secondary N) is 2. The summed E-state index contributed by atoms with van der Waals surface area (Å²) in [7, 11) is 1.42. The molecule has 1 aromatic heterocycles. The van der Waals surface area contributed by atoms with Crippen LogP contribution in [0.5, 0.6) is 0 Å². The number of methoxy groups -OCH3 is 1. The number of thiazole rings is 1. The Morgan fingerprint density at radius 1 is 1.38 bits per heavy atom. The lowest BCUT2D eigenvalue weighted by atomic mass is 10.2. The number of ether oxygens (including phenoxy) is 1. The topological polar surface area (TPSA) is 75.6 Å². The second-order valence-electron chi connectivity index (χ2n) is 5.48. The maximum atomic E-state index is 11.0. The zero-order valence-corrected chi connectivity index (χ0v) is 18.1. The minimum absolute atomic E-state index is 0. The number of esters is 1. The molecule has 6 nitrogen and oxygen atoms in total. The van der Waals surface area contributed by atoms with E-state index in [1.54, 1.807) is 11.3 Å². The van der Waals surface area contributed by atoms with Crippen LogP contribution in [0.4, 0.5) is 0 Å². The number of rotatable bonds is 9. The number of carbonyl (C=O) groups is 1. The normalized spacial score (nSPS) is 11.1. The van der Waals surface area contributed by atoms with Crippen LogP contribution < -0.4 is 10.6 Å². The van der Waals surface area contributed by atoms with Gasteiger partial charge in [0.2, 0.25) is 0 Å². The first-order valence-electron chi connectivity index (χ1n) is 8.10. The smallest absolute Gasteiger partial charge is 0.305 e. The largest absolute Gasteiger partial charge is 0.469 e. The molecule has 0 atom stereocenters. The molecule has 0 aliphatic carbocycles. The second kappa shape index (κ2) is 13.4. The predicted molar refractivity (Wildman–Crippen MR) is 110 cm³/mol. The summed E-state index contributed by atoms with van der Waals surface area (Å²) in [6, 6.07) is 0.